The van der Waals surface area contributed by atoms with Crippen LogP contribution in [-0.4, -0.2) is 28.3 Å². The van der Waals surface area contributed by atoms with Gasteiger partial charge in [0.25, 0.3) is 0 Å². The highest BCUT2D eigenvalue weighted by molar-refractivity contribution is 6.31. The molecular weight excluding hydrogens is 218 g/mol. The van der Waals surface area contributed by atoms with Crippen LogP contribution in [0.2, 0.25) is 5.02 Å². The minimum atomic E-state index is -0.344. The first-order chi connectivity index (χ1) is 6.94. The molecule has 0 aliphatic carbocycles. The second-order valence-corrected chi connectivity index (χ2v) is 4.40. The Morgan fingerprint density at radius 3 is 2.87 bits per heavy atom. The summed E-state index contributed by atoms with van der Waals surface area (Å²) in [7, 11) is 0. The summed E-state index contributed by atoms with van der Waals surface area (Å²) in [6, 6.07) is 0. The molecule has 1 aromatic rings. The van der Waals surface area contributed by atoms with Gasteiger partial charge in [0.1, 0.15) is 5.02 Å². The Hall–Kier alpha value is -1.07. The van der Waals surface area contributed by atoms with Crippen molar-refractivity contribution >= 4 is 17.5 Å². The largest absolute Gasteiger partial charge is 0.476 e. The lowest BCUT2D eigenvalue weighted by molar-refractivity contribution is 0.0952. The Morgan fingerprint density at radius 2 is 2.27 bits per heavy atom. The molecule has 5 nitrogen and oxygen atoms in total. The predicted molar refractivity (Wildman–Crippen MR) is 57.8 cm³/mol. The molecule has 0 amide bonds. The number of aliphatic hydroxyl groups excluding tert-OH is 1. The SMILES string of the molecule is CC(C)(CO)COc1nc(N)ncc1Cl. The lowest BCUT2D eigenvalue weighted by Gasteiger charge is -2.21. The lowest BCUT2D eigenvalue weighted by atomic mass is 9.97. The number of aliphatic hydroxyl groups is 1. The van der Waals surface area contributed by atoms with Gasteiger partial charge in [-0.15, -0.1) is 0 Å². The molecule has 0 unspecified atom stereocenters. The first-order valence-electron chi connectivity index (χ1n) is 4.46. The van der Waals surface area contributed by atoms with Gasteiger partial charge in [-0.2, -0.15) is 4.98 Å². The smallest absolute Gasteiger partial charge is 0.237 e. The number of nitrogens with zero attached hydrogens (tertiary/aromatic N) is 2. The van der Waals surface area contributed by atoms with Crippen LogP contribution in [0, 0.1) is 5.41 Å². The predicted octanol–water partition coefficient (Wildman–Crippen LogP) is 1.11. The van der Waals surface area contributed by atoms with Crippen molar-refractivity contribution in [3.8, 4) is 5.88 Å². The van der Waals surface area contributed by atoms with Crippen LogP contribution in [0.3, 0.4) is 0 Å². The van der Waals surface area contributed by atoms with E-state index in [-0.39, 0.29) is 23.9 Å². The molecule has 0 aliphatic heterocycles. The van der Waals surface area contributed by atoms with Crippen molar-refractivity contribution in [2.45, 2.75) is 13.8 Å². The number of hydrogen-bond acceptors (Lipinski definition) is 5. The maximum atomic E-state index is 9.03. The molecule has 1 rings (SSSR count). The quantitative estimate of drug-likeness (QED) is 0.811. The Morgan fingerprint density at radius 1 is 1.60 bits per heavy atom. The molecule has 15 heavy (non-hydrogen) atoms. The van der Waals surface area contributed by atoms with Gasteiger partial charge in [0.2, 0.25) is 11.8 Å². The average molecular weight is 232 g/mol. The Bertz CT molecular complexity index is 344. The zero-order valence-electron chi connectivity index (χ0n) is 8.70. The van der Waals surface area contributed by atoms with Crippen LogP contribution in [0.1, 0.15) is 13.8 Å². The molecule has 0 atom stereocenters. The summed E-state index contributed by atoms with van der Waals surface area (Å²) in [5.74, 6) is 0.349. The van der Waals surface area contributed by atoms with Crippen molar-refractivity contribution in [1.82, 2.24) is 9.97 Å². The minimum Gasteiger partial charge on any atom is -0.476 e. The average Bonchev–Trinajstić information content (AvgIpc) is 2.20. The molecule has 0 saturated carbocycles. The van der Waals surface area contributed by atoms with Crippen molar-refractivity contribution in [2.24, 2.45) is 5.41 Å². The zero-order valence-corrected chi connectivity index (χ0v) is 9.45. The lowest BCUT2D eigenvalue weighted by Crippen LogP contribution is -2.25. The fraction of sp³-hybridized carbons (Fsp3) is 0.556. The summed E-state index contributed by atoms with van der Waals surface area (Å²) in [5.41, 5.74) is 5.04. The third kappa shape index (κ3) is 3.53. The van der Waals surface area contributed by atoms with Crippen molar-refractivity contribution in [3.05, 3.63) is 11.2 Å². The number of hydrogen-bond donors (Lipinski definition) is 2. The highest BCUT2D eigenvalue weighted by atomic mass is 35.5. The van der Waals surface area contributed by atoms with E-state index in [1.165, 1.54) is 6.20 Å². The van der Waals surface area contributed by atoms with Gasteiger partial charge in [-0.1, -0.05) is 25.4 Å². The van der Waals surface area contributed by atoms with E-state index in [0.29, 0.717) is 11.6 Å². The normalized spacial score (nSPS) is 11.5. The van der Waals surface area contributed by atoms with E-state index in [0.717, 1.165) is 0 Å². The summed E-state index contributed by atoms with van der Waals surface area (Å²) in [4.78, 5) is 7.55. The van der Waals surface area contributed by atoms with Gasteiger partial charge in [0.15, 0.2) is 0 Å². The van der Waals surface area contributed by atoms with Gasteiger partial charge < -0.3 is 15.6 Å². The molecular formula is C9H14ClN3O2. The number of aromatic nitrogens is 2. The van der Waals surface area contributed by atoms with Crippen molar-refractivity contribution < 1.29 is 9.84 Å². The summed E-state index contributed by atoms with van der Waals surface area (Å²) in [6.45, 7) is 4.06. The second kappa shape index (κ2) is 4.63. The molecule has 84 valence electrons. The van der Waals surface area contributed by atoms with Gasteiger partial charge in [0, 0.05) is 5.41 Å². The Kier molecular flexibility index (Phi) is 3.71. The Labute approximate surface area is 93.2 Å². The third-order valence-corrected chi connectivity index (χ3v) is 2.02. The molecule has 0 fully saturated rings. The van der Waals surface area contributed by atoms with Gasteiger partial charge in [0.05, 0.1) is 19.4 Å². The molecule has 0 bridgehead atoms. The maximum Gasteiger partial charge on any atom is 0.237 e. The number of anilines is 1. The number of nitrogens with two attached hydrogens (primary N) is 1. The van der Waals surface area contributed by atoms with E-state index in [1.807, 2.05) is 13.8 Å². The summed E-state index contributed by atoms with van der Waals surface area (Å²) < 4.78 is 5.35. The van der Waals surface area contributed by atoms with Crippen LogP contribution in [0.25, 0.3) is 0 Å². The van der Waals surface area contributed by atoms with Crippen LogP contribution in [0.5, 0.6) is 5.88 Å². The highest BCUT2D eigenvalue weighted by Gasteiger charge is 2.18. The van der Waals surface area contributed by atoms with E-state index < -0.39 is 0 Å². The van der Waals surface area contributed by atoms with Crippen LogP contribution >= 0.6 is 11.6 Å². The molecule has 3 N–H and O–H groups in total. The molecule has 6 heteroatoms. The summed E-state index contributed by atoms with van der Waals surface area (Å²) >= 11 is 5.80. The van der Waals surface area contributed by atoms with Crippen LogP contribution in [0.4, 0.5) is 5.95 Å². The molecule has 0 saturated heterocycles. The third-order valence-electron chi connectivity index (χ3n) is 1.76. The van der Waals surface area contributed by atoms with Crippen molar-refractivity contribution in [2.75, 3.05) is 18.9 Å². The van der Waals surface area contributed by atoms with Crippen molar-refractivity contribution in [1.29, 1.82) is 0 Å². The molecule has 0 spiro atoms. The number of nitrogen functional groups attached to an aromatic ring is 1. The molecule has 1 heterocycles. The van der Waals surface area contributed by atoms with Gasteiger partial charge in [-0.25, -0.2) is 4.98 Å². The molecule has 1 aromatic heterocycles. The minimum absolute atomic E-state index is 0.0190. The van der Waals surface area contributed by atoms with Gasteiger partial charge >= 0.3 is 0 Å². The van der Waals surface area contributed by atoms with E-state index >= 15 is 0 Å². The molecule has 0 radical (unpaired) electrons. The van der Waals surface area contributed by atoms with E-state index in [2.05, 4.69) is 9.97 Å². The van der Waals surface area contributed by atoms with Gasteiger partial charge in [-0.05, 0) is 0 Å². The fourth-order valence-electron chi connectivity index (χ4n) is 0.775. The maximum absolute atomic E-state index is 9.03. The number of ether oxygens (including phenoxy) is 1. The Balaban J connectivity index is 2.69. The summed E-state index contributed by atoms with van der Waals surface area (Å²) in [6.07, 6.45) is 1.38. The fourth-order valence-corrected chi connectivity index (χ4v) is 0.921. The van der Waals surface area contributed by atoms with Crippen molar-refractivity contribution in [3.63, 3.8) is 0 Å². The topological polar surface area (TPSA) is 81.3 Å². The van der Waals surface area contributed by atoms with Crippen LogP contribution in [0.15, 0.2) is 6.20 Å². The molecule has 0 aliphatic rings. The van der Waals surface area contributed by atoms with E-state index in [1.54, 1.807) is 0 Å². The van der Waals surface area contributed by atoms with Gasteiger partial charge in [-0.3, -0.25) is 0 Å². The van der Waals surface area contributed by atoms with E-state index in [4.69, 9.17) is 27.2 Å². The second-order valence-electron chi connectivity index (χ2n) is 3.99. The monoisotopic (exact) mass is 231 g/mol. The first-order valence-corrected chi connectivity index (χ1v) is 4.84. The molecule has 0 aromatic carbocycles. The zero-order chi connectivity index (χ0) is 11.5. The van der Waals surface area contributed by atoms with E-state index in [9.17, 15) is 0 Å². The highest BCUT2D eigenvalue weighted by Crippen LogP contribution is 2.23. The van der Waals surface area contributed by atoms with Crippen LogP contribution < -0.4 is 10.5 Å². The standard InChI is InChI=1S/C9H14ClN3O2/c1-9(2,4-14)5-15-7-6(10)3-12-8(11)13-7/h3,14H,4-5H2,1-2H3,(H2,11,12,13). The van der Waals surface area contributed by atoms with Crippen LogP contribution in [-0.2, 0) is 0 Å². The number of rotatable bonds is 4. The number of halogens is 1. The summed E-state index contributed by atoms with van der Waals surface area (Å²) in [5, 5.41) is 9.33. The first kappa shape index (κ1) is 12.0.